The number of carbonyl (C=O) groups excluding carboxylic acids is 1. The minimum atomic E-state index is -4.22. The molecule has 0 bridgehead atoms. The van der Waals surface area contributed by atoms with Crippen LogP contribution in [0.5, 0.6) is 0 Å². The number of benzene rings is 1. The summed E-state index contributed by atoms with van der Waals surface area (Å²) in [5.41, 5.74) is 0. The highest BCUT2D eigenvalue weighted by Gasteiger charge is 2.35. The highest BCUT2D eigenvalue weighted by atomic mass is 32.2. The maximum Gasteiger partial charge on any atom is 0.246 e. The van der Waals surface area contributed by atoms with Crippen LogP contribution in [-0.2, 0) is 14.8 Å². The van der Waals surface area contributed by atoms with Crippen LogP contribution >= 0.6 is 0 Å². The zero-order valence-corrected chi connectivity index (χ0v) is 15.7. The second-order valence-electron chi connectivity index (χ2n) is 7.29. The highest BCUT2D eigenvalue weighted by molar-refractivity contribution is 7.89. The quantitative estimate of drug-likeness (QED) is 0.804. The lowest BCUT2D eigenvalue weighted by molar-refractivity contribution is -0.127. The standard InChI is InChI=1S/C18H24F2N2O4S/c19-13-3-8-16(20)17(10-13)27(25,26)22-9-1-2-12(11-22)18(24)21-14-4-6-15(23)7-5-14/h3,8,10,12,14-15,23H,1-2,4-7,9,11H2,(H,21,24)/t12-,14-,15-/m0/s1. The number of nitrogens with zero attached hydrogens (tertiary/aromatic N) is 1. The molecule has 2 aliphatic rings. The molecule has 1 aliphatic carbocycles. The van der Waals surface area contributed by atoms with E-state index in [0.717, 1.165) is 16.4 Å². The Hall–Kier alpha value is -1.58. The number of sulfonamides is 1. The lowest BCUT2D eigenvalue weighted by Crippen LogP contribution is -2.48. The summed E-state index contributed by atoms with van der Waals surface area (Å²) in [6.07, 6.45) is 3.33. The van der Waals surface area contributed by atoms with Gasteiger partial charge in [-0.15, -0.1) is 0 Å². The molecule has 0 radical (unpaired) electrons. The van der Waals surface area contributed by atoms with Crippen molar-refractivity contribution >= 4 is 15.9 Å². The Morgan fingerprint density at radius 2 is 1.85 bits per heavy atom. The first-order valence-corrected chi connectivity index (χ1v) is 10.6. The topological polar surface area (TPSA) is 86.7 Å². The minimum Gasteiger partial charge on any atom is -0.393 e. The molecule has 1 saturated carbocycles. The second kappa shape index (κ2) is 8.20. The van der Waals surface area contributed by atoms with Gasteiger partial charge in [0.15, 0.2) is 0 Å². The average Bonchev–Trinajstić information content (AvgIpc) is 2.65. The first kappa shape index (κ1) is 20.2. The van der Waals surface area contributed by atoms with E-state index in [2.05, 4.69) is 5.32 Å². The fourth-order valence-corrected chi connectivity index (χ4v) is 5.33. The van der Waals surface area contributed by atoms with E-state index < -0.39 is 32.5 Å². The fourth-order valence-electron chi connectivity index (χ4n) is 3.73. The molecule has 2 fully saturated rings. The van der Waals surface area contributed by atoms with Crippen molar-refractivity contribution in [2.24, 2.45) is 5.92 Å². The predicted molar refractivity (Wildman–Crippen MR) is 94.2 cm³/mol. The minimum absolute atomic E-state index is 0.0199. The molecule has 0 unspecified atom stereocenters. The van der Waals surface area contributed by atoms with Crippen molar-refractivity contribution in [3.05, 3.63) is 29.8 Å². The summed E-state index contributed by atoms with van der Waals surface area (Å²) in [7, 11) is -4.22. The molecule has 1 aliphatic heterocycles. The predicted octanol–water partition coefficient (Wildman–Crippen LogP) is 1.79. The monoisotopic (exact) mass is 402 g/mol. The molecule has 0 spiro atoms. The van der Waals surface area contributed by atoms with E-state index in [4.69, 9.17) is 0 Å². The fraction of sp³-hybridized carbons (Fsp3) is 0.611. The number of amides is 1. The van der Waals surface area contributed by atoms with Crippen LogP contribution in [0.4, 0.5) is 8.78 Å². The van der Waals surface area contributed by atoms with Gasteiger partial charge in [0.2, 0.25) is 15.9 Å². The number of aliphatic hydroxyl groups is 1. The molecule has 3 rings (SSSR count). The number of hydrogen-bond acceptors (Lipinski definition) is 4. The highest BCUT2D eigenvalue weighted by Crippen LogP contribution is 2.27. The number of nitrogens with one attached hydrogen (secondary N) is 1. The molecule has 2 N–H and O–H groups in total. The van der Waals surface area contributed by atoms with Crippen LogP contribution in [-0.4, -0.2) is 49.0 Å². The van der Waals surface area contributed by atoms with E-state index in [-0.39, 0.29) is 31.1 Å². The molecule has 150 valence electrons. The summed E-state index contributed by atoms with van der Waals surface area (Å²) in [4.78, 5) is 11.8. The SMILES string of the molecule is O=C(N[C@H]1CC[C@H](O)CC1)[C@H]1CCCN(S(=O)(=O)c2cc(F)ccc2F)C1. The molecule has 9 heteroatoms. The molecule has 1 amide bonds. The van der Waals surface area contributed by atoms with Crippen LogP contribution in [0.2, 0.25) is 0 Å². The molecule has 1 aromatic carbocycles. The Morgan fingerprint density at radius 3 is 2.56 bits per heavy atom. The third-order valence-electron chi connectivity index (χ3n) is 5.31. The lowest BCUT2D eigenvalue weighted by Gasteiger charge is -2.33. The summed E-state index contributed by atoms with van der Waals surface area (Å²) < 4.78 is 53.8. The van der Waals surface area contributed by atoms with E-state index in [1.807, 2.05) is 0 Å². The van der Waals surface area contributed by atoms with Gasteiger partial charge in [0.1, 0.15) is 16.5 Å². The van der Waals surface area contributed by atoms with Crippen LogP contribution in [0.1, 0.15) is 38.5 Å². The van der Waals surface area contributed by atoms with Crippen molar-refractivity contribution < 1.29 is 27.1 Å². The summed E-state index contributed by atoms with van der Waals surface area (Å²) in [6.45, 7) is 0.108. The summed E-state index contributed by atoms with van der Waals surface area (Å²) >= 11 is 0. The Labute approximate surface area is 157 Å². The molecule has 27 heavy (non-hydrogen) atoms. The molecular formula is C18H24F2N2O4S. The van der Waals surface area contributed by atoms with E-state index in [1.165, 1.54) is 0 Å². The number of rotatable bonds is 4. The van der Waals surface area contributed by atoms with Crippen LogP contribution in [0.15, 0.2) is 23.1 Å². The number of halogens is 2. The van der Waals surface area contributed by atoms with Gasteiger partial charge in [0, 0.05) is 19.1 Å². The van der Waals surface area contributed by atoms with Crippen molar-refractivity contribution in [3.8, 4) is 0 Å². The first-order chi connectivity index (χ1) is 12.8. The van der Waals surface area contributed by atoms with Crippen LogP contribution < -0.4 is 5.32 Å². The molecule has 1 aromatic rings. The molecular weight excluding hydrogens is 378 g/mol. The van der Waals surface area contributed by atoms with E-state index in [0.29, 0.717) is 44.6 Å². The number of aliphatic hydroxyl groups excluding tert-OH is 1. The van der Waals surface area contributed by atoms with Crippen LogP contribution in [0, 0.1) is 17.6 Å². The van der Waals surface area contributed by atoms with Crippen LogP contribution in [0.3, 0.4) is 0 Å². The van der Waals surface area contributed by atoms with Crippen molar-refractivity contribution in [1.82, 2.24) is 9.62 Å². The van der Waals surface area contributed by atoms with Crippen molar-refractivity contribution in [2.45, 2.75) is 55.6 Å². The van der Waals surface area contributed by atoms with Gasteiger partial charge in [-0.3, -0.25) is 4.79 Å². The zero-order chi connectivity index (χ0) is 19.6. The third kappa shape index (κ3) is 4.64. The van der Waals surface area contributed by atoms with Gasteiger partial charge in [-0.25, -0.2) is 17.2 Å². The second-order valence-corrected chi connectivity index (χ2v) is 9.20. The van der Waals surface area contributed by atoms with E-state index in [9.17, 15) is 27.1 Å². The lowest BCUT2D eigenvalue weighted by atomic mass is 9.92. The Kier molecular flexibility index (Phi) is 6.12. The number of piperidine rings is 1. The van der Waals surface area contributed by atoms with Gasteiger partial charge < -0.3 is 10.4 Å². The van der Waals surface area contributed by atoms with Gasteiger partial charge in [0.05, 0.1) is 12.0 Å². The molecule has 1 saturated heterocycles. The van der Waals surface area contributed by atoms with Crippen molar-refractivity contribution in [2.75, 3.05) is 13.1 Å². The number of carbonyl (C=O) groups is 1. The van der Waals surface area contributed by atoms with Gasteiger partial charge in [-0.05, 0) is 56.7 Å². The van der Waals surface area contributed by atoms with Gasteiger partial charge in [0.25, 0.3) is 0 Å². The maximum atomic E-state index is 13.9. The summed E-state index contributed by atoms with van der Waals surface area (Å²) in [5, 5.41) is 12.5. The van der Waals surface area contributed by atoms with Crippen molar-refractivity contribution in [1.29, 1.82) is 0 Å². The zero-order valence-electron chi connectivity index (χ0n) is 14.9. The Morgan fingerprint density at radius 1 is 1.15 bits per heavy atom. The summed E-state index contributed by atoms with van der Waals surface area (Å²) in [5.74, 6) is -2.60. The smallest absolute Gasteiger partial charge is 0.246 e. The number of hydrogen-bond donors (Lipinski definition) is 2. The average molecular weight is 402 g/mol. The van der Waals surface area contributed by atoms with Gasteiger partial charge >= 0.3 is 0 Å². The molecule has 1 atom stereocenters. The van der Waals surface area contributed by atoms with E-state index >= 15 is 0 Å². The Balaban J connectivity index is 1.68. The molecule has 6 nitrogen and oxygen atoms in total. The van der Waals surface area contributed by atoms with Crippen molar-refractivity contribution in [3.63, 3.8) is 0 Å². The normalized spacial score (nSPS) is 27.3. The summed E-state index contributed by atoms with van der Waals surface area (Å²) in [6, 6.07) is 2.30. The third-order valence-corrected chi connectivity index (χ3v) is 7.19. The first-order valence-electron chi connectivity index (χ1n) is 9.21. The van der Waals surface area contributed by atoms with E-state index in [1.54, 1.807) is 0 Å². The van der Waals surface area contributed by atoms with Crippen LogP contribution in [0.25, 0.3) is 0 Å². The van der Waals surface area contributed by atoms with Gasteiger partial charge in [-0.1, -0.05) is 0 Å². The Bertz CT molecular complexity index is 795. The van der Waals surface area contributed by atoms with Gasteiger partial charge in [-0.2, -0.15) is 4.31 Å². The molecule has 0 aromatic heterocycles. The maximum absolute atomic E-state index is 13.9. The molecule has 1 heterocycles. The largest absolute Gasteiger partial charge is 0.393 e.